The minimum Gasteiger partial charge on any atom is -0.377 e. The standard InChI is InChI=1S/C19H28N2O3/c1-13(2)24-12-11-21-16(22)19(6,20-17(21)23)15-9-7-14(8-10-15)18(3,4)5/h7-10,13H,11-12H2,1-6H3,(H,20,23)/t19-/m0/s1. The summed E-state index contributed by atoms with van der Waals surface area (Å²) >= 11 is 0. The number of ether oxygens (including phenoxy) is 1. The van der Waals surface area contributed by atoms with Gasteiger partial charge in [0, 0.05) is 0 Å². The van der Waals surface area contributed by atoms with E-state index in [4.69, 9.17) is 4.74 Å². The van der Waals surface area contributed by atoms with Crippen molar-refractivity contribution in [3.8, 4) is 0 Å². The van der Waals surface area contributed by atoms with Gasteiger partial charge >= 0.3 is 6.03 Å². The molecule has 1 fully saturated rings. The van der Waals surface area contributed by atoms with Gasteiger partial charge in [-0.3, -0.25) is 9.69 Å². The Hall–Kier alpha value is -1.88. The number of carbonyl (C=O) groups excluding carboxylic acids is 2. The predicted molar refractivity (Wildman–Crippen MR) is 93.8 cm³/mol. The lowest BCUT2D eigenvalue weighted by Crippen LogP contribution is -2.41. The predicted octanol–water partition coefficient (Wildman–Crippen LogP) is 3.18. The van der Waals surface area contributed by atoms with Crippen LogP contribution in [0.15, 0.2) is 24.3 Å². The second-order valence-electron chi connectivity index (χ2n) is 7.76. The lowest BCUT2D eigenvalue weighted by molar-refractivity contribution is -0.131. The molecule has 0 saturated carbocycles. The molecule has 0 radical (unpaired) electrons. The number of imide groups is 1. The topological polar surface area (TPSA) is 58.6 Å². The highest BCUT2D eigenvalue weighted by atomic mass is 16.5. The van der Waals surface area contributed by atoms with Crippen LogP contribution in [0.2, 0.25) is 0 Å². The van der Waals surface area contributed by atoms with Crippen molar-refractivity contribution in [1.29, 1.82) is 0 Å². The zero-order valence-corrected chi connectivity index (χ0v) is 15.5. The second-order valence-corrected chi connectivity index (χ2v) is 7.76. The van der Waals surface area contributed by atoms with Crippen LogP contribution >= 0.6 is 0 Å². The number of rotatable bonds is 5. The van der Waals surface area contributed by atoms with Crippen LogP contribution in [-0.2, 0) is 20.5 Å². The smallest absolute Gasteiger partial charge is 0.325 e. The molecule has 1 atom stereocenters. The molecule has 0 unspecified atom stereocenters. The first kappa shape index (κ1) is 18.5. The molecule has 1 aliphatic heterocycles. The molecule has 0 bridgehead atoms. The molecule has 5 nitrogen and oxygen atoms in total. The first-order valence-electron chi connectivity index (χ1n) is 8.42. The molecule has 1 aliphatic rings. The van der Waals surface area contributed by atoms with E-state index in [-0.39, 0.29) is 30.0 Å². The summed E-state index contributed by atoms with van der Waals surface area (Å²) in [5.74, 6) is -0.233. The van der Waals surface area contributed by atoms with Gasteiger partial charge < -0.3 is 10.1 Å². The van der Waals surface area contributed by atoms with Crippen molar-refractivity contribution >= 4 is 11.9 Å². The van der Waals surface area contributed by atoms with E-state index >= 15 is 0 Å². The van der Waals surface area contributed by atoms with Crippen LogP contribution in [0.3, 0.4) is 0 Å². The minimum atomic E-state index is -1.02. The molecule has 132 valence electrons. The highest BCUT2D eigenvalue weighted by molar-refractivity contribution is 6.07. The molecule has 1 aromatic rings. The van der Waals surface area contributed by atoms with Gasteiger partial charge in [-0.2, -0.15) is 0 Å². The summed E-state index contributed by atoms with van der Waals surface area (Å²) in [4.78, 5) is 26.2. The van der Waals surface area contributed by atoms with Gasteiger partial charge in [-0.05, 0) is 37.3 Å². The van der Waals surface area contributed by atoms with Crippen molar-refractivity contribution in [3.63, 3.8) is 0 Å². The summed E-state index contributed by atoms with van der Waals surface area (Å²) in [7, 11) is 0. The maximum Gasteiger partial charge on any atom is 0.325 e. The van der Waals surface area contributed by atoms with Crippen molar-refractivity contribution in [2.45, 2.75) is 58.6 Å². The van der Waals surface area contributed by atoms with Crippen molar-refractivity contribution < 1.29 is 14.3 Å². The third kappa shape index (κ3) is 3.61. The third-order valence-electron chi connectivity index (χ3n) is 4.37. The fraction of sp³-hybridized carbons (Fsp3) is 0.579. The number of benzene rings is 1. The lowest BCUT2D eigenvalue weighted by Gasteiger charge is -2.24. The van der Waals surface area contributed by atoms with Crippen molar-refractivity contribution in [2.24, 2.45) is 0 Å². The zero-order valence-electron chi connectivity index (χ0n) is 15.5. The Balaban J connectivity index is 2.18. The fourth-order valence-corrected chi connectivity index (χ4v) is 2.78. The number of nitrogens with zero attached hydrogens (tertiary/aromatic N) is 1. The molecule has 1 aromatic carbocycles. The number of hydrogen-bond acceptors (Lipinski definition) is 3. The van der Waals surface area contributed by atoms with Gasteiger partial charge in [0.05, 0.1) is 19.3 Å². The van der Waals surface area contributed by atoms with E-state index in [0.29, 0.717) is 6.61 Å². The third-order valence-corrected chi connectivity index (χ3v) is 4.37. The van der Waals surface area contributed by atoms with E-state index in [0.717, 1.165) is 5.56 Å². The first-order chi connectivity index (χ1) is 11.1. The van der Waals surface area contributed by atoms with Crippen LogP contribution in [0.25, 0.3) is 0 Å². The van der Waals surface area contributed by atoms with Crippen molar-refractivity contribution in [2.75, 3.05) is 13.2 Å². The van der Waals surface area contributed by atoms with E-state index < -0.39 is 5.54 Å². The van der Waals surface area contributed by atoms with Crippen LogP contribution in [0.1, 0.15) is 52.7 Å². The van der Waals surface area contributed by atoms with Gasteiger partial charge in [0.25, 0.3) is 5.91 Å². The molecule has 5 heteroatoms. The molecule has 2 rings (SSSR count). The molecule has 1 heterocycles. The molecule has 0 spiro atoms. The van der Waals surface area contributed by atoms with Crippen LogP contribution < -0.4 is 5.32 Å². The van der Waals surface area contributed by atoms with Gasteiger partial charge in [-0.15, -0.1) is 0 Å². The Labute approximate surface area is 144 Å². The summed E-state index contributed by atoms with van der Waals surface area (Å²) in [6.07, 6.45) is 0.0714. The largest absolute Gasteiger partial charge is 0.377 e. The normalized spacial score (nSPS) is 21.5. The second kappa shape index (κ2) is 6.55. The van der Waals surface area contributed by atoms with Crippen LogP contribution in [-0.4, -0.2) is 36.1 Å². The minimum absolute atomic E-state index is 0.0442. The average molecular weight is 332 g/mol. The highest BCUT2D eigenvalue weighted by Gasteiger charge is 2.48. The average Bonchev–Trinajstić information content (AvgIpc) is 2.70. The quantitative estimate of drug-likeness (QED) is 0.843. The van der Waals surface area contributed by atoms with Crippen LogP contribution in [0, 0.1) is 0 Å². The Bertz CT molecular complexity index is 616. The van der Waals surface area contributed by atoms with Crippen molar-refractivity contribution in [3.05, 3.63) is 35.4 Å². The number of urea groups is 1. The fourth-order valence-electron chi connectivity index (χ4n) is 2.78. The number of hydrogen-bond donors (Lipinski definition) is 1. The van der Waals surface area contributed by atoms with Gasteiger partial charge in [-0.25, -0.2) is 4.79 Å². The summed E-state index contributed by atoms with van der Waals surface area (Å²) in [6.45, 7) is 12.6. The maximum atomic E-state index is 12.8. The molecule has 24 heavy (non-hydrogen) atoms. The van der Waals surface area contributed by atoms with E-state index in [2.05, 4.69) is 26.1 Å². The summed E-state index contributed by atoms with van der Waals surface area (Å²) in [6, 6.07) is 7.52. The molecular formula is C19H28N2O3. The summed E-state index contributed by atoms with van der Waals surface area (Å²) in [5, 5.41) is 2.82. The summed E-state index contributed by atoms with van der Waals surface area (Å²) < 4.78 is 5.45. The van der Waals surface area contributed by atoms with Crippen LogP contribution in [0.5, 0.6) is 0 Å². The van der Waals surface area contributed by atoms with Crippen molar-refractivity contribution in [1.82, 2.24) is 10.2 Å². The number of amides is 3. The summed E-state index contributed by atoms with van der Waals surface area (Å²) in [5.41, 5.74) is 1.00. The SMILES string of the molecule is CC(C)OCCN1C(=O)N[C@@](C)(c2ccc(C(C)(C)C)cc2)C1=O. The van der Waals surface area contributed by atoms with Gasteiger partial charge in [-0.1, -0.05) is 45.0 Å². The maximum absolute atomic E-state index is 12.8. The Kier molecular flexibility index (Phi) is 5.04. The van der Waals surface area contributed by atoms with Crippen LogP contribution in [0.4, 0.5) is 4.79 Å². The van der Waals surface area contributed by atoms with E-state index in [1.54, 1.807) is 6.92 Å². The molecule has 0 aromatic heterocycles. The van der Waals surface area contributed by atoms with Gasteiger partial charge in [0.2, 0.25) is 0 Å². The lowest BCUT2D eigenvalue weighted by atomic mass is 9.84. The molecule has 3 amide bonds. The van der Waals surface area contributed by atoms with Gasteiger partial charge in [0.1, 0.15) is 5.54 Å². The molecular weight excluding hydrogens is 304 g/mol. The monoisotopic (exact) mass is 332 g/mol. The molecule has 1 N–H and O–H groups in total. The van der Waals surface area contributed by atoms with E-state index in [9.17, 15) is 9.59 Å². The highest BCUT2D eigenvalue weighted by Crippen LogP contribution is 2.31. The Morgan fingerprint density at radius 3 is 2.25 bits per heavy atom. The molecule has 1 saturated heterocycles. The molecule has 0 aliphatic carbocycles. The number of nitrogens with one attached hydrogen (secondary N) is 1. The Morgan fingerprint density at radius 1 is 1.17 bits per heavy atom. The first-order valence-corrected chi connectivity index (χ1v) is 8.42. The zero-order chi connectivity index (χ0) is 18.1. The van der Waals surface area contributed by atoms with E-state index in [1.165, 1.54) is 10.5 Å². The van der Waals surface area contributed by atoms with Gasteiger partial charge in [0.15, 0.2) is 0 Å². The van der Waals surface area contributed by atoms with E-state index in [1.807, 2.05) is 38.1 Å². The Morgan fingerprint density at radius 2 is 1.75 bits per heavy atom. The number of carbonyl (C=O) groups is 2.